The summed E-state index contributed by atoms with van der Waals surface area (Å²) in [5.41, 5.74) is 5.74. The summed E-state index contributed by atoms with van der Waals surface area (Å²) < 4.78 is 1.72. The number of Topliss-reactive ketones (excluding diaryl/α,β-unsaturated/α-hetero) is 1. The number of rotatable bonds is 4. The minimum Gasteiger partial charge on any atom is -0.356 e. The maximum absolute atomic E-state index is 13.2. The molecule has 0 aliphatic carbocycles. The Morgan fingerprint density at radius 2 is 1.87 bits per heavy atom. The number of carbonyl (C=O) groups excluding carboxylic acids is 2. The van der Waals surface area contributed by atoms with E-state index in [2.05, 4.69) is 27.1 Å². The zero-order chi connectivity index (χ0) is 21.4. The summed E-state index contributed by atoms with van der Waals surface area (Å²) in [6.07, 6.45) is 7.35. The third kappa shape index (κ3) is 3.54. The number of ketones is 1. The maximum atomic E-state index is 13.2. The molecule has 1 aliphatic rings. The lowest BCUT2D eigenvalue weighted by atomic mass is 9.93. The standard InChI is InChI=1S/C24H21N5O2/c1-28-12-20(26-15-28)24(31)29-13-19-22(21(30)14-29)18(11-16-5-3-2-4-6-16)23(27-19)17-7-9-25-10-8-17/h2-10,12,15,27H,11,13-14H2,1H3. The Balaban J connectivity index is 1.56. The van der Waals surface area contributed by atoms with Crippen LogP contribution >= 0.6 is 0 Å². The van der Waals surface area contributed by atoms with Gasteiger partial charge < -0.3 is 14.5 Å². The van der Waals surface area contributed by atoms with Crippen molar-refractivity contribution >= 4 is 11.7 Å². The van der Waals surface area contributed by atoms with E-state index in [9.17, 15) is 9.59 Å². The average Bonchev–Trinajstić information content (AvgIpc) is 3.38. The van der Waals surface area contributed by atoms with Crippen molar-refractivity contribution in [3.05, 3.63) is 95.5 Å². The van der Waals surface area contributed by atoms with Crippen molar-refractivity contribution < 1.29 is 9.59 Å². The van der Waals surface area contributed by atoms with Crippen molar-refractivity contribution in [3.8, 4) is 11.3 Å². The second-order valence-corrected chi connectivity index (χ2v) is 7.74. The van der Waals surface area contributed by atoms with Crippen LogP contribution < -0.4 is 0 Å². The van der Waals surface area contributed by atoms with Gasteiger partial charge in [-0.05, 0) is 23.3 Å². The van der Waals surface area contributed by atoms with Gasteiger partial charge in [0.2, 0.25) is 0 Å². The fourth-order valence-electron chi connectivity index (χ4n) is 4.12. The maximum Gasteiger partial charge on any atom is 0.274 e. The molecule has 1 aromatic carbocycles. The summed E-state index contributed by atoms with van der Waals surface area (Å²) in [6, 6.07) is 13.9. The molecule has 4 aromatic rings. The number of imidazole rings is 1. The van der Waals surface area contributed by atoms with E-state index in [1.54, 1.807) is 34.4 Å². The second-order valence-electron chi connectivity index (χ2n) is 7.74. The van der Waals surface area contributed by atoms with Crippen molar-refractivity contribution in [2.24, 2.45) is 7.05 Å². The van der Waals surface area contributed by atoms with Crippen LogP contribution in [0.4, 0.5) is 0 Å². The van der Waals surface area contributed by atoms with Crippen LogP contribution in [0.25, 0.3) is 11.3 Å². The van der Waals surface area contributed by atoms with Gasteiger partial charge in [0.15, 0.2) is 5.78 Å². The molecular formula is C24H21N5O2. The molecule has 0 saturated carbocycles. The minimum absolute atomic E-state index is 0.0395. The van der Waals surface area contributed by atoms with Gasteiger partial charge in [0, 0.05) is 48.9 Å². The van der Waals surface area contributed by atoms with E-state index in [0.29, 0.717) is 24.2 Å². The van der Waals surface area contributed by atoms with Crippen LogP contribution in [-0.2, 0) is 20.0 Å². The van der Waals surface area contributed by atoms with Crippen LogP contribution in [0.15, 0.2) is 67.4 Å². The third-order valence-corrected chi connectivity index (χ3v) is 5.55. The lowest BCUT2D eigenvalue weighted by molar-refractivity contribution is 0.0673. The molecule has 154 valence electrons. The normalized spacial score (nSPS) is 13.3. The molecule has 1 amide bonds. The summed E-state index contributed by atoms with van der Waals surface area (Å²) in [7, 11) is 1.81. The number of pyridine rings is 1. The molecule has 0 radical (unpaired) electrons. The van der Waals surface area contributed by atoms with Gasteiger partial charge >= 0.3 is 0 Å². The molecule has 0 unspecified atom stereocenters. The molecule has 7 nitrogen and oxygen atoms in total. The first kappa shape index (κ1) is 19.0. The Bertz CT molecular complexity index is 1260. The van der Waals surface area contributed by atoms with Crippen LogP contribution in [0.2, 0.25) is 0 Å². The molecule has 0 fully saturated rings. The number of amides is 1. The number of benzene rings is 1. The van der Waals surface area contributed by atoms with E-state index >= 15 is 0 Å². The monoisotopic (exact) mass is 411 g/mol. The number of nitrogens with zero attached hydrogens (tertiary/aromatic N) is 4. The van der Waals surface area contributed by atoms with Crippen LogP contribution in [0.3, 0.4) is 0 Å². The summed E-state index contributed by atoms with van der Waals surface area (Å²) in [5.74, 6) is -0.308. The molecule has 0 saturated heterocycles. The molecular weight excluding hydrogens is 390 g/mol. The van der Waals surface area contributed by atoms with Crippen molar-refractivity contribution in [2.45, 2.75) is 13.0 Å². The van der Waals surface area contributed by atoms with Crippen LogP contribution in [0, 0.1) is 0 Å². The number of aromatic amines is 1. The van der Waals surface area contributed by atoms with Gasteiger partial charge in [0.25, 0.3) is 5.91 Å². The van der Waals surface area contributed by atoms with Gasteiger partial charge in [-0.2, -0.15) is 0 Å². The number of aromatic nitrogens is 4. The van der Waals surface area contributed by atoms with Crippen molar-refractivity contribution in [3.63, 3.8) is 0 Å². The highest BCUT2D eigenvalue weighted by Crippen LogP contribution is 2.33. The third-order valence-electron chi connectivity index (χ3n) is 5.55. The molecule has 3 aromatic heterocycles. The van der Waals surface area contributed by atoms with Gasteiger partial charge in [-0.15, -0.1) is 0 Å². The van der Waals surface area contributed by atoms with Gasteiger partial charge in [0.1, 0.15) is 5.69 Å². The highest BCUT2D eigenvalue weighted by molar-refractivity contribution is 6.06. The number of carbonyl (C=O) groups is 2. The topological polar surface area (TPSA) is 83.9 Å². The van der Waals surface area contributed by atoms with Crippen molar-refractivity contribution in [1.82, 2.24) is 24.4 Å². The number of fused-ring (bicyclic) bond motifs is 1. The number of aryl methyl sites for hydroxylation is 1. The first-order valence-electron chi connectivity index (χ1n) is 10.1. The average molecular weight is 411 g/mol. The van der Waals surface area contributed by atoms with Crippen LogP contribution in [0.5, 0.6) is 0 Å². The molecule has 0 spiro atoms. The lowest BCUT2D eigenvalue weighted by Gasteiger charge is -2.25. The zero-order valence-electron chi connectivity index (χ0n) is 17.1. The molecule has 0 atom stereocenters. The van der Waals surface area contributed by atoms with Crippen LogP contribution in [0.1, 0.15) is 37.7 Å². The largest absolute Gasteiger partial charge is 0.356 e. The zero-order valence-corrected chi connectivity index (χ0v) is 17.1. The Kier molecular flexibility index (Phi) is 4.71. The summed E-state index contributed by atoms with van der Waals surface area (Å²) in [5, 5.41) is 0. The van der Waals surface area contributed by atoms with E-state index in [4.69, 9.17) is 0 Å². The predicted octanol–water partition coefficient (Wildman–Crippen LogP) is 3.24. The predicted molar refractivity (Wildman–Crippen MR) is 116 cm³/mol. The molecule has 5 rings (SSSR count). The summed E-state index contributed by atoms with van der Waals surface area (Å²) in [4.78, 5) is 39.4. The number of H-pyrrole nitrogens is 1. The van der Waals surface area contributed by atoms with E-state index < -0.39 is 0 Å². The summed E-state index contributed by atoms with van der Waals surface area (Å²) >= 11 is 0. The molecule has 1 aliphatic heterocycles. The molecule has 4 heterocycles. The Morgan fingerprint density at radius 3 is 2.58 bits per heavy atom. The molecule has 7 heteroatoms. The first-order chi connectivity index (χ1) is 15.1. The van der Waals surface area contributed by atoms with E-state index in [1.165, 1.54) is 0 Å². The smallest absolute Gasteiger partial charge is 0.274 e. The van der Waals surface area contributed by atoms with Crippen molar-refractivity contribution in [2.75, 3.05) is 6.54 Å². The number of hydrogen-bond acceptors (Lipinski definition) is 4. The molecule has 31 heavy (non-hydrogen) atoms. The summed E-state index contributed by atoms with van der Waals surface area (Å²) in [6.45, 7) is 0.376. The Morgan fingerprint density at radius 1 is 1.10 bits per heavy atom. The number of nitrogens with one attached hydrogen (secondary N) is 1. The van der Waals surface area contributed by atoms with Gasteiger partial charge in [-0.25, -0.2) is 4.98 Å². The quantitative estimate of drug-likeness (QED) is 0.559. The van der Waals surface area contributed by atoms with Gasteiger partial charge in [0.05, 0.1) is 25.1 Å². The minimum atomic E-state index is -0.246. The first-order valence-corrected chi connectivity index (χ1v) is 10.1. The van der Waals surface area contributed by atoms with E-state index in [1.807, 2.05) is 37.4 Å². The fraction of sp³-hybridized carbons (Fsp3) is 0.167. The Hall–Kier alpha value is -4.00. The van der Waals surface area contributed by atoms with Crippen molar-refractivity contribution in [1.29, 1.82) is 0 Å². The van der Waals surface area contributed by atoms with Crippen LogP contribution in [-0.4, -0.2) is 42.7 Å². The van der Waals surface area contributed by atoms with Gasteiger partial charge in [-0.1, -0.05) is 30.3 Å². The van der Waals surface area contributed by atoms with E-state index in [-0.39, 0.29) is 18.2 Å². The molecule has 1 N–H and O–H groups in total. The molecule has 0 bridgehead atoms. The Labute approximate surface area is 179 Å². The number of hydrogen-bond donors (Lipinski definition) is 1. The lowest BCUT2D eigenvalue weighted by Crippen LogP contribution is -2.39. The van der Waals surface area contributed by atoms with E-state index in [0.717, 1.165) is 28.1 Å². The highest BCUT2D eigenvalue weighted by Gasteiger charge is 2.33. The fourth-order valence-corrected chi connectivity index (χ4v) is 4.12. The SMILES string of the molecule is Cn1cnc(C(=O)N2CC(=O)c3c([nH]c(-c4ccncc4)c3Cc3ccccc3)C2)c1. The highest BCUT2D eigenvalue weighted by atomic mass is 16.2. The second kappa shape index (κ2) is 7.68. The van der Waals surface area contributed by atoms with Gasteiger partial charge in [-0.3, -0.25) is 14.6 Å².